The number of sulfonamides is 1. The Labute approximate surface area is 238 Å². The molecule has 1 atom stereocenters. The lowest BCUT2D eigenvalue weighted by molar-refractivity contribution is -0.140. The van der Waals surface area contributed by atoms with Crippen LogP contribution in [0.25, 0.3) is 0 Å². The van der Waals surface area contributed by atoms with Gasteiger partial charge in [0.2, 0.25) is 11.8 Å². The standard InChI is InChI=1S/C31H39N3O5S/c1-6-29(31(36)32-7-2)33(21-25-11-9-10-24(5)20-25)30(35)22-34(26-14-12-23(4)13-15-26)40(37,38)28-18-16-27(17-19-28)39-8-3/h9-20,29H,6-8,21-22H2,1-5H3,(H,32,36)/t29-/m1/s1. The lowest BCUT2D eigenvalue weighted by Crippen LogP contribution is -2.52. The van der Waals surface area contributed by atoms with Gasteiger partial charge in [-0.1, -0.05) is 54.4 Å². The van der Waals surface area contributed by atoms with Crippen LogP contribution in [0.3, 0.4) is 0 Å². The van der Waals surface area contributed by atoms with Gasteiger partial charge in [0.15, 0.2) is 0 Å². The van der Waals surface area contributed by atoms with Crippen LogP contribution in [0.2, 0.25) is 0 Å². The van der Waals surface area contributed by atoms with Gasteiger partial charge in [-0.25, -0.2) is 8.42 Å². The molecule has 8 nitrogen and oxygen atoms in total. The number of nitrogens with zero attached hydrogens (tertiary/aromatic N) is 2. The summed E-state index contributed by atoms with van der Waals surface area (Å²) >= 11 is 0. The van der Waals surface area contributed by atoms with Crippen molar-refractivity contribution in [2.24, 2.45) is 0 Å². The van der Waals surface area contributed by atoms with Crippen molar-refractivity contribution in [2.75, 3.05) is 24.0 Å². The molecule has 3 aromatic carbocycles. The third-order valence-electron chi connectivity index (χ3n) is 6.50. The third kappa shape index (κ3) is 7.63. The monoisotopic (exact) mass is 565 g/mol. The molecule has 9 heteroatoms. The maximum Gasteiger partial charge on any atom is 0.264 e. The fraction of sp³-hybridized carbons (Fsp3) is 0.355. The zero-order chi connectivity index (χ0) is 29.3. The lowest BCUT2D eigenvalue weighted by Gasteiger charge is -2.33. The minimum Gasteiger partial charge on any atom is -0.494 e. The summed E-state index contributed by atoms with van der Waals surface area (Å²) < 4.78 is 34.5. The molecule has 0 aliphatic rings. The van der Waals surface area contributed by atoms with Gasteiger partial charge in [-0.15, -0.1) is 0 Å². The number of likely N-dealkylation sites (N-methyl/N-ethyl adjacent to an activating group) is 1. The molecule has 0 aromatic heterocycles. The number of carbonyl (C=O) groups is 2. The number of nitrogens with one attached hydrogen (secondary N) is 1. The molecule has 0 aliphatic heterocycles. The molecule has 0 saturated heterocycles. The Morgan fingerprint density at radius 3 is 2.15 bits per heavy atom. The van der Waals surface area contributed by atoms with E-state index in [0.717, 1.165) is 21.0 Å². The van der Waals surface area contributed by atoms with Gasteiger partial charge < -0.3 is 15.0 Å². The Balaban J connectivity index is 2.04. The van der Waals surface area contributed by atoms with Crippen molar-refractivity contribution in [1.29, 1.82) is 0 Å². The number of benzene rings is 3. The summed E-state index contributed by atoms with van der Waals surface area (Å²) in [6, 6.07) is 20.0. The van der Waals surface area contributed by atoms with Gasteiger partial charge >= 0.3 is 0 Å². The molecule has 0 unspecified atom stereocenters. The predicted octanol–water partition coefficient (Wildman–Crippen LogP) is 4.84. The number of ether oxygens (including phenoxy) is 1. The van der Waals surface area contributed by atoms with Crippen LogP contribution >= 0.6 is 0 Å². The molecule has 0 heterocycles. The topological polar surface area (TPSA) is 96.0 Å². The highest BCUT2D eigenvalue weighted by molar-refractivity contribution is 7.92. The van der Waals surface area contributed by atoms with Gasteiger partial charge in [0.1, 0.15) is 18.3 Å². The van der Waals surface area contributed by atoms with Gasteiger partial charge in [-0.3, -0.25) is 13.9 Å². The van der Waals surface area contributed by atoms with E-state index >= 15 is 0 Å². The zero-order valence-corrected chi connectivity index (χ0v) is 24.7. The molecule has 0 aliphatic carbocycles. The van der Waals surface area contributed by atoms with Gasteiger partial charge in [0.25, 0.3) is 10.0 Å². The fourth-order valence-electron chi connectivity index (χ4n) is 4.46. The van der Waals surface area contributed by atoms with E-state index in [2.05, 4.69) is 5.32 Å². The Hall–Kier alpha value is -3.85. The van der Waals surface area contributed by atoms with Crippen LogP contribution in [0.4, 0.5) is 5.69 Å². The van der Waals surface area contributed by atoms with E-state index in [4.69, 9.17) is 4.74 Å². The Kier molecular flexibility index (Phi) is 10.7. The summed E-state index contributed by atoms with van der Waals surface area (Å²) in [5, 5.41) is 2.82. The Morgan fingerprint density at radius 1 is 0.900 bits per heavy atom. The highest BCUT2D eigenvalue weighted by atomic mass is 32.2. The van der Waals surface area contributed by atoms with Crippen molar-refractivity contribution >= 4 is 27.5 Å². The van der Waals surface area contributed by atoms with Crippen LogP contribution in [0.5, 0.6) is 5.75 Å². The number of amides is 2. The molecule has 0 spiro atoms. The molecular formula is C31H39N3O5S. The average Bonchev–Trinajstić information content (AvgIpc) is 2.93. The summed E-state index contributed by atoms with van der Waals surface area (Å²) in [5.41, 5.74) is 3.19. The number of carbonyl (C=O) groups excluding carboxylic acids is 2. The van der Waals surface area contributed by atoms with E-state index in [1.54, 1.807) is 36.4 Å². The van der Waals surface area contributed by atoms with E-state index in [-0.39, 0.29) is 17.3 Å². The maximum atomic E-state index is 14.0. The quantitative estimate of drug-likeness (QED) is 0.320. The smallest absolute Gasteiger partial charge is 0.264 e. The lowest BCUT2D eigenvalue weighted by atomic mass is 10.1. The van der Waals surface area contributed by atoms with E-state index in [9.17, 15) is 18.0 Å². The van der Waals surface area contributed by atoms with Crippen LogP contribution < -0.4 is 14.4 Å². The fourth-order valence-corrected chi connectivity index (χ4v) is 5.87. The minimum absolute atomic E-state index is 0.0327. The Bertz CT molecular complexity index is 1390. The second-order valence-electron chi connectivity index (χ2n) is 9.58. The summed E-state index contributed by atoms with van der Waals surface area (Å²) in [6.45, 7) is 9.94. The molecular weight excluding hydrogens is 526 g/mol. The number of hydrogen-bond donors (Lipinski definition) is 1. The SMILES string of the molecule is CCNC(=O)[C@@H](CC)N(Cc1cccc(C)c1)C(=O)CN(c1ccc(C)cc1)S(=O)(=O)c1ccc(OCC)cc1. The zero-order valence-electron chi connectivity index (χ0n) is 23.9. The van der Waals surface area contributed by atoms with Crippen LogP contribution in [-0.2, 0) is 26.2 Å². The molecule has 1 N–H and O–H groups in total. The van der Waals surface area contributed by atoms with Crippen LogP contribution in [0.1, 0.15) is 43.9 Å². The first-order valence-electron chi connectivity index (χ1n) is 13.6. The van der Waals surface area contributed by atoms with Gasteiger partial charge in [-0.2, -0.15) is 0 Å². The summed E-state index contributed by atoms with van der Waals surface area (Å²) in [5.74, 6) is -0.201. The molecule has 0 fully saturated rings. The highest BCUT2D eigenvalue weighted by Gasteiger charge is 2.33. The van der Waals surface area contributed by atoms with Crippen molar-refractivity contribution in [1.82, 2.24) is 10.2 Å². The van der Waals surface area contributed by atoms with E-state index in [1.807, 2.05) is 58.9 Å². The predicted molar refractivity (Wildman–Crippen MR) is 158 cm³/mol. The molecule has 0 radical (unpaired) electrons. The molecule has 2 amide bonds. The van der Waals surface area contributed by atoms with E-state index in [0.29, 0.717) is 31.0 Å². The van der Waals surface area contributed by atoms with Crippen LogP contribution in [-0.4, -0.2) is 50.9 Å². The van der Waals surface area contributed by atoms with Crippen molar-refractivity contribution in [2.45, 2.75) is 58.5 Å². The first kappa shape index (κ1) is 30.7. The first-order valence-corrected chi connectivity index (χ1v) is 15.0. The van der Waals surface area contributed by atoms with E-state index < -0.39 is 28.5 Å². The summed E-state index contributed by atoms with van der Waals surface area (Å²) in [7, 11) is -4.14. The van der Waals surface area contributed by atoms with Crippen molar-refractivity contribution in [3.05, 3.63) is 89.5 Å². The van der Waals surface area contributed by atoms with Gasteiger partial charge in [-0.05, 0) is 76.1 Å². The van der Waals surface area contributed by atoms with Crippen LogP contribution in [0, 0.1) is 13.8 Å². The average molecular weight is 566 g/mol. The Morgan fingerprint density at radius 2 is 1.57 bits per heavy atom. The first-order chi connectivity index (χ1) is 19.1. The minimum atomic E-state index is -4.14. The van der Waals surface area contributed by atoms with Gasteiger partial charge in [0.05, 0.1) is 17.2 Å². The van der Waals surface area contributed by atoms with Crippen molar-refractivity contribution in [3.8, 4) is 5.75 Å². The number of rotatable bonds is 13. The largest absolute Gasteiger partial charge is 0.494 e. The number of anilines is 1. The van der Waals surface area contributed by atoms with Crippen LogP contribution in [0.15, 0.2) is 77.7 Å². The molecule has 0 bridgehead atoms. The number of aryl methyl sites for hydroxylation is 2. The summed E-state index contributed by atoms with van der Waals surface area (Å²) in [4.78, 5) is 28.6. The summed E-state index contributed by atoms with van der Waals surface area (Å²) in [6.07, 6.45) is 0.375. The second-order valence-corrected chi connectivity index (χ2v) is 11.4. The second kappa shape index (κ2) is 14.0. The molecule has 40 heavy (non-hydrogen) atoms. The van der Waals surface area contributed by atoms with Crippen molar-refractivity contribution in [3.63, 3.8) is 0 Å². The van der Waals surface area contributed by atoms with E-state index in [1.165, 1.54) is 17.0 Å². The number of hydrogen-bond acceptors (Lipinski definition) is 5. The molecule has 0 saturated carbocycles. The molecule has 3 aromatic rings. The van der Waals surface area contributed by atoms with Gasteiger partial charge in [0, 0.05) is 13.1 Å². The van der Waals surface area contributed by atoms with Crippen molar-refractivity contribution < 1.29 is 22.7 Å². The maximum absolute atomic E-state index is 14.0. The normalized spacial score (nSPS) is 11.9. The highest BCUT2D eigenvalue weighted by Crippen LogP contribution is 2.26. The molecule has 214 valence electrons. The third-order valence-corrected chi connectivity index (χ3v) is 8.28. The molecule has 3 rings (SSSR count).